The Labute approximate surface area is 110 Å². The molecule has 0 bridgehead atoms. The largest absolute Gasteiger partial charge is 0.391 e. The van der Waals surface area contributed by atoms with Crippen molar-refractivity contribution in [2.24, 2.45) is 11.8 Å². The molecule has 1 atom stereocenters. The van der Waals surface area contributed by atoms with Crippen LogP contribution in [0.3, 0.4) is 0 Å². The zero-order chi connectivity index (χ0) is 14.0. The summed E-state index contributed by atoms with van der Waals surface area (Å²) in [5.41, 5.74) is 1.67. The number of aliphatic hydroxyl groups excluding tert-OH is 1. The molecule has 5 heteroatoms. The van der Waals surface area contributed by atoms with Crippen molar-refractivity contribution in [1.82, 2.24) is 4.98 Å². The van der Waals surface area contributed by atoms with Gasteiger partial charge in [0.25, 0.3) is 0 Å². The Morgan fingerprint density at radius 3 is 2.42 bits per heavy atom. The average Bonchev–Trinajstić information content (AvgIpc) is 2.38. The first kappa shape index (κ1) is 14.3. The predicted octanol–water partition coefficient (Wildman–Crippen LogP) is 3.79. The molecule has 1 aliphatic rings. The van der Waals surface area contributed by atoms with Gasteiger partial charge in [0, 0.05) is 18.0 Å². The molecule has 2 nitrogen and oxygen atoms in total. The lowest BCUT2D eigenvalue weighted by molar-refractivity contribution is -0.185. The maximum Gasteiger partial charge on any atom is 0.391 e. The molecular formula is C14H18F3NO. The highest BCUT2D eigenvalue weighted by Crippen LogP contribution is 2.43. The lowest BCUT2D eigenvalue weighted by atomic mass is 9.77. The SMILES string of the molecule is Cc1ccncc1C(O)C1CCC(C(F)(F)F)CC1. The number of hydrogen-bond acceptors (Lipinski definition) is 2. The van der Waals surface area contributed by atoms with Gasteiger partial charge in [0.15, 0.2) is 0 Å². The second-order valence-corrected chi connectivity index (χ2v) is 5.33. The maximum atomic E-state index is 12.6. The van der Waals surface area contributed by atoms with E-state index >= 15 is 0 Å². The molecule has 0 spiro atoms. The smallest absolute Gasteiger partial charge is 0.388 e. The predicted molar refractivity (Wildman–Crippen MR) is 65.4 cm³/mol. The minimum Gasteiger partial charge on any atom is -0.388 e. The Kier molecular flexibility index (Phi) is 4.13. The Morgan fingerprint density at radius 1 is 1.26 bits per heavy atom. The van der Waals surface area contributed by atoms with Gasteiger partial charge in [-0.3, -0.25) is 4.98 Å². The van der Waals surface area contributed by atoms with Crippen LogP contribution in [0.25, 0.3) is 0 Å². The van der Waals surface area contributed by atoms with E-state index in [-0.39, 0.29) is 18.8 Å². The van der Waals surface area contributed by atoms with Crippen LogP contribution in [0.15, 0.2) is 18.5 Å². The topological polar surface area (TPSA) is 33.1 Å². The van der Waals surface area contributed by atoms with Gasteiger partial charge in [-0.2, -0.15) is 13.2 Å². The fourth-order valence-corrected chi connectivity index (χ4v) is 2.80. The van der Waals surface area contributed by atoms with E-state index in [1.54, 1.807) is 18.5 Å². The summed E-state index contributed by atoms with van der Waals surface area (Å²) in [5, 5.41) is 10.3. The van der Waals surface area contributed by atoms with Gasteiger partial charge in [0.1, 0.15) is 0 Å². The van der Waals surface area contributed by atoms with Gasteiger partial charge in [-0.25, -0.2) is 0 Å². The molecule has 1 heterocycles. The number of nitrogens with zero attached hydrogens (tertiary/aromatic N) is 1. The fraction of sp³-hybridized carbons (Fsp3) is 0.643. The number of aromatic nitrogens is 1. The lowest BCUT2D eigenvalue weighted by Gasteiger charge is -2.32. The standard InChI is InChI=1S/C14H18F3NO/c1-9-6-7-18-8-12(9)13(19)10-2-4-11(5-3-10)14(15,16)17/h6-8,10-11,13,19H,2-5H2,1H3. The van der Waals surface area contributed by atoms with E-state index in [1.165, 1.54) is 0 Å². The van der Waals surface area contributed by atoms with Crippen molar-refractivity contribution in [3.63, 3.8) is 0 Å². The third kappa shape index (κ3) is 3.26. The molecule has 0 radical (unpaired) electrons. The van der Waals surface area contributed by atoms with Crippen LogP contribution in [-0.4, -0.2) is 16.3 Å². The summed E-state index contributed by atoms with van der Waals surface area (Å²) >= 11 is 0. The summed E-state index contributed by atoms with van der Waals surface area (Å²) in [5.74, 6) is -1.30. The van der Waals surface area contributed by atoms with E-state index in [0.29, 0.717) is 12.8 Å². The summed E-state index contributed by atoms with van der Waals surface area (Å²) in [7, 11) is 0. The van der Waals surface area contributed by atoms with Crippen LogP contribution in [0.4, 0.5) is 13.2 Å². The Hall–Kier alpha value is -1.10. The number of aryl methyl sites for hydroxylation is 1. The first-order valence-electron chi connectivity index (χ1n) is 6.55. The quantitative estimate of drug-likeness (QED) is 0.889. The number of halogens is 3. The van der Waals surface area contributed by atoms with Crippen LogP contribution in [0, 0.1) is 18.8 Å². The monoisotopic (exact) mass is 273 g/mol. The van der Waals surface area contributed by atoms with Gasteiger partial charge in [0.2, 0.25) is 0 Å². The Balaban J connectivity index is 2.00. The van der Waals surface area contributed by atoms with E-state index in [9.17, 15) is 18.3 Å². The number of rotatable bonds is 2. The van der Waals surface area contributed by atoms with Gasteiger partial charge in [0.05, 0.1) is 12.0 Å². The second-order valence-electron chi connectivity index (χ2n) is 5.33. The molecule has 1 aliphatic carbocycles. The summed E-state index contributed by atoms with van der Waals surface area (Å²) in [6, 6.07) is 1.81. The maximum absolute atomic E-state index is 12.6. The first-order chi connectivity index (χ1) is 8.89. The first-order valence-corrected chi connectivity index (χ1v) is 6.55. The molecule has 106 valence electrons. The fourth-order valence-electron chi connectivity index (χ4n) is 2.80. The number of alkyl halides is 3. The molecule has 19 heavy (non-hydrogen) atoms. The van der Waals surface area contributed by atoms with Crippen LogP contribution >= 0.6 is 0 Å². The lowest BCUT2D eigenvalue weighted by Crippen LogP contribution is -2.29. The molecule has 0 aromatic carbocycles. The Bertz CT molecular complexity index is 425. The van der Waals surface area contributed by atoms with Crippen molar-refractivity contribution in [3.8, 4) is 0 Å². The minimum absolute atomic E-state index is 0.0958. The van der Waals surface area contributed by atoms with Crippen molar-refractivity contribution in [1.29, 1.82) is 0 Å². The average molecular weight is 273 g/mol. The van der Waals surface area contributed by atoms with Crippen molar-refractivity contribution >= 4 is 0 Å². The van der Waals surface area contributed by atoms with Gasteiger partial charge < -0.3 is 5.11 Å². The van der Waals surface area contributed by atoms with E-state index in [2.05, 4.69) is 4.98 Å². The van der Waals surface area contributed by atoms with E-state index in [4.69, 9.17) is 0 Å². The second kappa shape index (κ2) is 5.49. The minimum atomic E-state index is -4.10. The van der Waals surface area contributed by atoms with Crippen molar-refractivity contribution in [3.05, 3.63) is 29.6 Å². The summed E-state index contributed by atoms with van der Waals surface area (Å²) in [4.78, 5) is 3.98. The zero-order valence-corrected chi connectivity index (χ0v) is 10.8. The Morgan fingerprint density at radius 2 is 1.89 bits per heavy atom. The molecule has 1 N–H and O–H groups in total. The molecular weight excluding hydrogens is 255 g/mol. The number of aliphatic hydroxyl groups is 1. The van der Waals surface area contributed by atoms with Crippen LogP contribution in [0.5, 0.6) is 0 Å². The number of pyridine rings is 1. The van der Waals surface area contributed by atoms with Crippen molar-refractivity contribution in [2.45, 2.75) is 44.9 Å². The zero-order valence-electron chi connectivity index (χ0n) is 10.8. The van der Waals surface area contributed by atoms with Crippen LogP contribution in [0.2, 0.25) is 0 Å². The molecule has 0 aliphatic heterocycles. The van der Waals surface area contributed by atoms with Crippen molar-refractivity contribution < 1.29 is 18.3 Å². The molecule has 0 amide bonds. The van der Waals surface area contributed by atoms with Gasteiger partial charge in [-0.1, -0.05) is 0 Å². The molecule has 1 unspecified atom stereocenters. The van der Waals surface area contributed by atoms with Crippen LogP contribution < -0.4 is 0 Å². The third-order valence-corrected chi connectivity index (χ3v) is 4.08. The summed E-state index contributed by atoms with van der Waals surface area (Å²) < 4.78 is 37.8. The van der Waals surface area contributed by atoms with Gasteiger partial charge in [-0.05, 0) is 50.2 Å². The van der Waals surface area contributed by atoms with E-state index in [0.717, 1.165) is 11.1 Å². The highest BCUT2D eigenvalue weighted by atomic mass is 19.4. The summed E-state index contributed by atoms with van der Waals surface area (Å²) in [6.07, 6.45) is -0.487. The number of hydrogen-bond donors (Lipinski definition) is 1. The molecule has 1 aromatic heterocycles. The molecule has 1 saturated carbocycles. The van der Waals surface area contributed by atoms with Crippen LogP contribution in [0.1, 0.15) is 42.9 Å². The molecule has 0 saturated heterocycles. The molecule has 1 fully saturated rings. The molecule has 1 aromatic rings. The molecule has 2 rings (SSSR count). The highest BCUT2D eigenvalue weighted by Gasteiger charge is 2.42. The van der Waals surface area contributed by atoms with E-state index in [1.807, 2.05) is 6.92 Å². The highest BCUT2D eigenvalue weighted by molar-refractivity contribution is 5.24. The van der Waals surface area contributed by atoms with Crippen LogP contribution in [-0.2, 0) is 0 Å². The third-order valence-electron chi connectivity index (χ3n) is 4.08. The van der Waals surface area contributed by atoms with Gasteiger partial charge >= 0.3 is 6.18 Å². The van der Waals surface area contributed by atoms with Gasteiger partial charge in [-0.15, -0.1) is 0 Å². The normalized spacial score (nSPS) is 26.2. The van der Waals surface area contributed by atoms with Crippen molar-refractivity contribution in [2.75, 3.05) is 0 Å². The summed E-state index contributed by atoms with van der Waals surface area (Å²) in [6.45, 7) is 1.88. The van der Waals surface area contributed by atoms with E-state index < -0.39 is 18.2 Å².